The summed E-state index contributed by atoms with van der Waals surface area (Å²) in [5, 5.41) is 3.57. The van der Waals surface area contributed by atoms with Crippen molar-refractivity contribution < 1.29 is 0 Å². The number of rotatable bonds is 5. The molecule has 3 heteroatoms. The van der Waals surface area contributed by atoms with Gasteiger partial charge in [0, 0.05) is 30.9 Å². The van der Waals surface area contributed by atoms with Gasteiger partial charge >= 0.3 is 0 Å². The average molecular weight is 275 g/mol. The zero-order chi connectivity index (χ0) is 14.5. The molecule has 0 amide bonds. The minimum absolute atomic E-state index is 0.687. The standard InChI is InChI=1S/C17H29N3/c1-13(2)11-18-12-16-14(3)10-15(4)19-17(16)20-8-6-5-7-9-20/h10,13,18H,5-9,11-12H2,1-4H3. The molecule has 0 atom stereocenters. The number of hydrogen-bond donors (Lipinski definition) is 1. The summed E-state index contributed by atoms with van der Waals surface area (Å²) in [7, 11) is 0. The Kier molecular flexibility index (Phi) is 5.41. The van der Waals surface area contributed by atoms with Crippen LogP contribution in [0.5, 0.6) is 0 Å². The molecule has 1 aliphatic rings. The molecule has 0 aromatic carbocycles. The lowest BCUT2D eigenvalue weighted by molar-refractivity contribution is 0.544. The molecule has 1 aromatic rings. The Morgan fingerprint density at radius 2 is 1.90 bits per heavy atom. The summed E-state index contributed by atoms with van der Waals surface area (Å²) in [6, 6.07) is 2.21. The Hall–Kier alpha value is -1.09. The number of aryl methyl sites for hydroxylation is 2. The van der Waals surface area contributed by atoms with Gasteiger partial charge in [-0.3, -0.25) is 0 Å². The van der Waals surface area contributed by atoms with Gasteiger partial charge < -0.3 is 10.2 Å². The van der Waals surface area contributed by atoms with E-state index in [1.165, 1.54) is 36.2 Å². The average Bonchev–Trinajstić information content (AvgIpc) is 2.41. The Labute approximate surface area is 123 Å². The SMILES string of the molecule is Cc1cc(C)c(CNCC(C)C)c(N2CCCCC2)n1. The van der Waals surface area contributed by atoms with Crippen LogP contribution in [0, 0.1) is 19.8 Å². The first-order chi connectivity index (χ1) is 9.58. The molecule has 0 unspecified atom stereocenters. The van der Waals surface area contributed by atoms with E-state index >= 15 is 0 Å². The highest BCUT2D eigenvalue weighted by Gasteiger charge is 2.17. The van der Waals surface area contributed by atoms with Crippen molar-refractivity contribution in [2.24, 2.45) is 5.92 Å². The summed E-state index contributed by atoms with van der Waals surface area (Å²) in [5.74, 6) is 1.91. The highest BCUT2D eigenvalue weighted by atomic mass is 15.2. The molecule has 0 radical (unpaired) electrons. The number of nitrogens with one attached hydrogen (secondary N) is 1. The maximum atomic E-state index is 4.84. The largest absolute Gasteiger partial charge is 0.356 e. The molecule has 1 fully saturated rings. The summed E-state index contributed by atoms with van der Waals surface area (Å²) in [4.78, 5) is 7.32. The fraction of sp³-hybridized carbons (Fsp3) is 0.706. The lowest BCUT2D eigenvalue weighted by Gasteiger charge is -2.30. The van der Waals surface area contributed by atoms with E-state index in [9.17, 15) is 0 Å². The molecule has 1 N–H and O–H groups in total. The molecular formula is C17H29N3. The lowest BCUT2D eigenvalue weighted by atomic mass is 10.1. The fourth-order valence-corrected chi connectivity index (χ4v) is 2.92. The number of piperidine rings is 1. The number of hydrogen-bond acceptors (Lipinski definition) is 3. The summed E-state index contributed by atoms with van der Waals surface area (Å²) < 4.78 is 0. The quantitative estimate of drug-likeness (QED) is 0.892. The van der Waals surface area contributed by atoms with E-state index in [0.29, 0.717) is 5.92 Å². The molecule has 20 heavy (non-hydrogen) atoms. The van der Waals surface area contributed by atoms with Gasteiger partial charge in [0.25, 0.3) is 0 Å². The first-order valence-corrected chi connectivity index (χ1v) is 8.00. The van der Waals surface area contributed by atoms with Crippen LogP contribution in [0.15, 0.2) is 6.07 Å². The Balaban J connectivity index is 2.18. The van der Waals surface area contributed by atoms with E-state index in [4.69, 9.17) is 4.98 Å². The summed E-state index contributed by atoms with van der Waals surface area (Å²) >= 11 is 0. The van der Waals surface area contributed by atoms with Crippen molar-refractivity contribution >= 4 is 5.82 Å². The zero-order valence-electron chi connectivity index (χ0n) is 13.5. The van der Waals surface area contributed by atoms with Crippen LogP contribution in [0.3, 0.4) is 0 Å². The molecule has 1 aliphatic heterocycles. The summed E-state index contributed by atoms with van der Waals surface area (Å²) in [5.41, 5.74) is 3.89. The van der Waals surface area contributed by atoms with Gasteiger partial charge in [0.05, 0.1) is 0 Å². The van der Waals surface area contributed by atoms with Crippen LogP contribution in [0.2, 0.25) is 0 Å². The van der Waals surface area contributed by atoms with E-state index < -0.39 is 0 Å². The lowest BCUT2D eigenvalue weighted by Crippen LogP contribution is -2.32. The smallest absolute Gasteiger partial charge is 0.133 e. The van der Waals surface area contributed by atoms with Gasteiger partial charge in [-0.25, -0.2) is 4.98 Å². The maximum Gasteiger partial charge on any atom is 0.133 e. The molecule has 1 aromatic heterocycles. The maximum absolute atomic E-state index is 4.84. The Morgan fingerprint density at radius 1 is 1.20 bits per heavy atom. The van der Waals surface area contributed by atoms with Crippen LogP contribution in [0.1, 0.15) is 49.9 Å². The zero-order valence-corrected chi connectivity index (χ0v) is 13.5. The number of aromatic nitrogens is 1. The Morgan fingerprint density at radius 3 is 2.55 bits per heavy atom. The topological polar surface area (TPSA) is 28.2 Å². The molecule has 0 bridgehead atoms. The molecule has 3 nitrogen and oxygen atoms in total. The highest BCUT2D eigenvalue weighted by molar-refractivity contribution is 5.51. The van der Waals surface area contributed by atoms with Crippen molar-refractivity contribution in [3.63, 3.8) is 0 Å². The molecule has 0 spiro atoms. The van der Waals surface area contributed by atoms with Gasteiger partial charge in [-0.15, -0.1) is 0 Å². The predicted molar refractivity (Wildman–Crippen MR) is 86.3 cm³/mol. The van der Waals surface area contributed by atoms with Crippen molar-refractivity contribution in [3.05, 3.63) is 22.9 Å². The predicted octanol–water partition coefficient (Wildman–Crippen LogP) is 3.43. The van der Waals surface area contributed by atoms with Crippen molar-refractivity contribution in [1.29, 1.82) is 0 Å². The molecule has 112 valence electrons. The monoisotopic (exact) mass is 275 g/mol. The first kappa shape index (κ1) is 15.3. The van der Waals surface area contributed by atoms with Gasteiger partial charge in [-0.05, 0) is 57.2 Å². The second kappa shape index (κ2) is 7.07. The number of pyridine rings is 1. The van der Waals surface area contributed by atoms with Crippen molar-refractivity contribution in [2.45, 2.75) is 53.5 Å². The van der Waals surface area contributed by atoms with Gasteiger partial charge in [0.2, 0.25) is 0 Å². The summed E-state index contributed by atoms with van der Waals surface area (Å²) in [6.07, 6.45) is 3.96. The van der Waals surface area contributed by atoms with Gasteiger partial charge in [-0.1, -0.05) is 13.8 Å². The van der Waals surface area contributed by atoms with Crippen LogP contribution < -0.4 is 10.2 Å². The van der Waals surface area contributed by atoms with Crippen molar-refractivity contribution in [1.82, 2.24) is 10.3 Å². The van der Waals surface area contributed by atoms with E-state index in [2.05, 4.69) is 44.0 Å². The van der Waals surface area contributed by atoms with Crippen molar-refractivity contribution in [2.75, 3.05) is 24.5 Å². The number of nitrogens with zero attached hydrogens (tertiary/aromatic N) is 2. The molecule has 2 rings (SSSR count). The molecule has 2 heterocycles. The van der Waals surface area contributed by atoms with E-state index in [1.54, 1.807) is 0 Å². The molecule has 0 saturated carbocycles. The van der Waals surface area contributed by atoms with Gasteiger partial charge in [0.1, 0.15) is 5.82 Å². The van der Waals surface area contributed by atoms with Gasteiger partial charge in [-0.2, -0.15) is 0 Å². The Bertz CT molecular complexity index is 434. The number of anilines is 1. The van der Waals surface area contributed by atoms with Crippen LogP contribution in [-0.2, 0) is 6.54 Å². The van der Waals surface area contributed by atoms with E-state index in [0.717, 1.165) is 31.9 Å². The minimum atomic E-state index is 0.687. The van der Waals surface area contributed by atoms with E-state index in [-0.39, 0.29) is 0 Å². The molecule has 0 aliphatic carbocycles. The normalized spacial score (nSPS) is 15.9. The third-order valence-corrected chi connectivity index (χ3v) is 3.96. The van der Waals surface area contributed by atoms with Gasteiger partial charge in [0.15, 0.2) is 0 Å². The van der Waals surface area contributed by atoms with E-state index in [1.807, 2.05) is 0 Å². The van der Waals surface area contributed by atoms with Crippen LogP contribution in [0.4, 0.5) is 5.82 Å². The second-order valence-corrected chi connectivity index (χ2v) is 6.46. The first-order valence-electron chi connectivity index (χ1n) is 8.00. The van der Waals surface area contributed by atoms with Crippen LogP contribution in [0.25, 0.3) is 0 Å². The second-order valence-electron chi connectivity index (χ2n) is 6.46. The minimum Gasteiger partial charge on any atom is -0.356 e. The fourth-order valence-electron chi connectivity index (χ4n) is 2.92. The van der Waals surface area contributed by atoms with Crippen LogP contribution >= 0.6 is 0 Å². The van der Waals surface area contributed by atoms with Crippen LogP contribution in [-0.4, -0.2) is 24.6 Å². The molecule has 1 saturated heterocycles. The highest BCUT2D eigenvalue weighted by Crippen LogP contribution is 2.25. The van der Waals surface area contributed by atoms with Crippen molar-refractivity contribution in [3.8, 4) is 0 Å². The summed E-state index contributed by atoms with van der Waals surface area (Å²) in [6.45, 7) is 13.1. The molecular weight excluding hydrogens is 246 g/mol. The third-order valence-electron chi connectivity index (χ3n) is 3.96. The third kappa shape index (κ3) is 3.95.